The first-order valence-corrected chi connectivity index (χ1v) is 7.05. The van der Waals surface area contributed by atoms with Crippen LogP contribution in [0.4, 0.5) is 8.78 Å². The molecule has 6 heteroatoms. The molecule has 1 rings (SSSR count). The van der Waals surface area contributed by atoms with E-state index in [-0.39, 0.29) is 18.6 Å². The van der Waals surface area contributed by atoms with Crippen molar-refractivity contribution in [3.8, 4) is 0 Å². The number of rotatable bonds is 6. The van der Waals surface area contributed by atoms with E-state index in [9.17, 15) is 8.78 Å². The van der Waals surface area contributed by atoms with Crippen molar-refractivity contribution < 1.29 is 8.78 Å². The van der Waals surface area contributed by atoms with Crippen LogP contribution in [0.25, 0.3) is 0 Å². The van der Waals surface area contributed by atoms with Gasteiger partial charge in [-0.25, -0.2) is 8.78 Å². The normalized spacial score (nSPS) is 15.5. The second-order valence-electron chi connectivity index (χ2n) is 3.99. The predicted octanol–water partition coefficient (Wildman–Crippen LogP) is 3.49. The zero-order chi connectivity index (χ0) is 13.0. The summed E-state index contributed by atoms with van der Waals surface area (Å²) in [5, 5.41) is 0. The lowest BCUT2D eigenvalue weighted by molar-refractivity contribution is 0.0744. The fourth-order valence-electron chi connectivity index (χ4n) is 1.80. The van der Waals surface area contributed by atoms with E-state index < -0.39 is 6.43 Å². The van der Waals surface area contributed by atoms with E-state index in [1.165, 1.54) is 0 Å². The minimum absolute atomic E-state index is 0.135. The van der Waals surface area contributed by atoms with Crippen molar-refractivity contribution in [2.24, 2.45) is 5.73 Å². The molecule has 0 radical (unpaired) electrons. The number of nitrogens with two attached hydrogens (primary N) is 1. The average molecular weight is 327 g/mol. The van der Waals surface area contributed by atoms with Crippen molar-refractivity contribution in [1.82, 2.24) is 4.90 Å². The van der Waals surface area contributed by atoms with Crippen molar-refractivity contribution in [3.05, 3.63) is 20.8 Å². The van der Waals surface area contributed by atoms with Crippen molar-refractivity contribution >= 4 is 27.3 Å². The Balaban J connectivity index is 2.87. The summed E-state index contributed by atoms with van der Waals surface area (Å²) >= 11 is 4.93. The van der Waals surface area contributed by atoms with Crippen LogP contribution in [0.5, 0.6) is 0 Å². The zero-order valence-corrected chi connectivity index (χ0v) is 12.3. The topological polar surface area (TPSA) is 29.3 Å². The first kappa shape index (κ1) is 15.0. The molecule has 0 aromatic carbocycles. The Kier molecular flexibility index (Phi) is 5.99. The predicted molar refractivity (Wildman–Crippen MR) is 71.7 cm³/mol. The van der Waals surface area contributed by atoms with Crippen molar-refractivity contribution in [3.63, 3.8) is 0 Å². The van der Waals surface area contributed by atoms with Crippen molar-refractivity contribution in [2.45, 2.75) is 31.9 Å². The molecule has 0 amide bonds. The summed E-state index contributed by atoms with van der Waals surface area (Å²) in [6.45, 7) is 1.71. The first-order chi connectivity index (χ1) is 7.95. The molecule has 17 heavy (non-hydrogen) atoms. The molecule has 0 aliphatic carbocycles. The molecule has 2 unspecified atom stereocenters. The highest BCUT2D eigenvalue weighted by molar-refractivity contribution is 9.11. The second kappa shape index (κ2) is 6.78. The molecule has 2 N–H and O–H groups in total. The summed E-state index contributed by atoms with van der Waals surface area (Å²) in [5.74, 6) is 0. The van der Waals surface area contributed by atoms with Gasteiger partial charge in [-0.05, 0) is 41.5 Å². The third-order valence-electron chi connectivity index (χ3n) is 2.66. The van der Waals surface area contributed by atoms with Crippen LogP contribution >= 0.6 is 27.3 Å². The third kappa shape index (κ3) is 4.28. The SMILES string of the molecule is CCC(N)C(c1ccc(Br)s1)N(C)CC(F)F. The van der Waals surface area contributed by atoms with Gasteiger partial charge in [-0.15, -0.1) is 11.3 Å². The maximum absolute atomic E-state index is 12.4. The van der Waals surface area contributed by atoms with Gasteiger partial charge >= 0.3 is 0 Å². The maximum Gasteiger partial charge on any atom is 0.251 e. The zero-order valence-electron chi connectivity index (χ0n) is 9.87. The molecule has 0 saturated heterocycles. The van der Waals surface area contributed by atoms with Gasteiger partial charge in [0.15, 0.2) is 0 Å². The largest absolute Gasteiger partial charge is 0.326 e. The molecular formula is C11H17BrF2N2S. The van der Waals surface area contributed by atoms with E-state index in [2.05, 4.69) is 15.9 Å². The number of likely N-dealkylation sites (N-methyl/N-ethyl adjacent to an activating group) is 1. The Morgan fingerprint density at radius 2 is 2.12 bits per heavy atom. The molecule has 2 nitrogen and oxygen atoms in total. The summed E-state index contributed by atoms with van der Waals surface area (Å²) in [7, 11) is 1.69. The number of alkyl halides is 2. The second-order valence-corrected chi connectivity index (χ2v) is 6.48. The van der Waals surface area contributed by atoms with Crippen LogP contribution in [0.1, 0.15) is 24.3 Å². The minimum atomic E-state index is -2.34. The van der Waals surface area contributed by atoms with Gasteiger partial charge in [0.2, 0.25) is 0 Å². The molecule has 1 aromatic rings. The summed E-state index contributed by atoms with van der Waals surface area (Å²) in [5.41, 5.74) is 6.04. The van der Waals surface area contributed by atoms with Crippen LogP contribution in [0.3, 0.4) is 0 Å². The van der Waals surface area contributed by atoms with Gasteiger partial charge in [0.1, 0.15) is 0 Å². The Labute approximate surface area is 113 Å². The quantitative estimate of drug-likeness (QED) is 0.867. The Hall–Kier alpha value is -0.0400. The number of thiophene rings is 1. The van der Waals surface area contributed by atoms with Gasteiger partial charge in [-0.1, -0.05) is 6.92 Å². The Morgan fingerprint density at radius 1 is 1.47 bits per heavy atom. The fraction of sp³-hybridized carbons (Fsp3) is 0.636. The number of nitrogens with zero attached hydrogens (tertiary/aromatic N) is 1. The Morgan fingerprint density at radius 3 is 2.53 bits per heavy atom. The van der Waals surface area contributed by atoms with E-state index in [0.29, 0.717) is 0 Å². The minimum Gasteiger partial charge on any atom is -0.326 e. The number of hydrogen-bond donors (Lipinski definition) is 1. The van der Waals surface area contributed by atoms with Crippen LogP contribution in [-0.4, -0.2) is 31.0 Å². The highest BCUT2D eigenvalue weighted by atomic mass is 79.9. The molecule has 1 heterocycles. The van der Waals surface area contributed by atoms with Crippen molar-refractivity contribution in [1.29, 1.82) is 0 Å². The van der Waals surface area contributed by atoms with E-state index in [4.69, 9.17) is 5.73 Å². The lowest BCUT2D eigenvalue weighted by Crippen LogP contribution is -2.40. The Bertz CT molecular complexity index is 346. The van der Waals surface area contributed by atoms with Crippen molar-refractivity contribution in [2.75, 3.05) is 13.6 Å². The van der Waals surface area contributed by atoms with Crippen LogP contribution in [0, 0.1) is 0 Å². The smallest absolute Gasteiger partial charge is 0.251 e. The molecular weight excluding hydrogens is 310 g/mol. The van der Waals surface area contributed by atoms with Crippen LogP contribution in [0.2, 0.25) is 0 Å². The van der Waals surface area contributed by atoms with Gasteiger partial charge in [-0.3, -0.25) is 4.90 Å². The first-order valence-electron chi connectivity index (χ1n) is 5.44. The van der Waals surface area contributed by atoms with Crippen LogP contribution in [0.15, 0.2) is 15.9 Å². The van der Waals surface area contributed by atoms with E-state index in [0.717, 1.165) is 15.1 Å². The molecule has 0 aliphatic heterocycles. The molecule has 0 bridgehead atoms. The number of halogens is 3. The van der Waals surface area contributed by atoms with Crippen LogP contribution < -0.4 is 5.73 Å². The van der Waals surface area contributed by atoms with Crippen LogP contribution in [-0.2, 0) is 0 Å². The maximum atomic E-state index is 12.4. The summed E-state index contributed by atoms with van der Waals surface area (Å²) < 4.78 is 25.9. The fourth-order valence-corrected chi connectivity index (χ4v) is 3.46. The van der Waals surface area contributed by atoms with E-state index in [1.807, 2.05) is 19.1 Å². The monoisotopic (exact) mass is 326 g/mol. The van der Waals surface area contributed by atoms with Gasteiger partial charge in [0.05, 0.1) is 16.4 Å². The van der Waals surface area contributed by atoms with Gasteiger partial charge in [0.25, 0.3) is 6.43 Å². The summed E-state index contributed by atoms with van der Waals surface area (Å²) in [4.78, 5) is 2.66. The van der Waals surface area contributed by atoms with Gasteiger partial charge in [-0.2, -0.15) is 0 Å². The van der Waals surface area contributed by atoms with Gasteiger partial charge < -0.3 is 5.73 Å². The van der Waals surface area contributed by atoms with E-state index in [1.54, 1.807) is 23.3 Å². The van der Waals surface area contributed by atoms with E-state index >= 15 is 0 Å². The third-order valence-corrected chi connectivity index (χ3v) is 4.36. The van der Waals surface area contributed by atoms with Gasteiger partial charge in [0, 0.05) is 10.9 Å². The number of hydrogen-bond acceptors (Lipinski definition) is 3. The average Bonchev–Trinajstić information content (AvgIpc) is 2.63. The molecule has 0 fully saturated rings. The molecule has 0 saturated carbocycles. The highest BCUT2D eigenvalue weighted by Gasteiger charge is 2.26. The molecule has 0 spiro atoms. The molecule has 1 aromatic heterocycles. The highest BCUT2D eigenvalue weighted by Crippen LogP contribution is 2.32. The summed E-state index contributed by atoms with van der Waals surface area (Å²) in [6.07, 6.45) is -1.58. The lowest BCUT2D eigenvalue weighted by Gasteiger charge is -2.31. The molecule has 98 valence electrons. The summed E-state index contributed by atoms with van der Waals surface area (Å²) in [6, 6.07) is 3.58. The lowest BCUT2D eigenvalue weighted by atomic mass is 10.0. The standard InChI is InChI=1S/C11H17BrF2N2S/c1-3-7(15)11(16(2)6-10(13)14)8-4-5-9(12)17-8/h4-5,7,10-11H,3,6,15H2,1-2H3. The molecule has 2 atom stereocenters. The molecule has 0 aliphatic rings.